The zero-order chi connectivity index (χ0) is 15.2. The Bertz CT molecular complexity index is 620. The van der Waals surface area contributed by atoms with E-state index in [-0.39, 0.29) is 5.97 Å². The molecule has 21 heavy (non-hydrogen) atoms. The summed E-state index contributed by atoms with van der Waals surface area (Å²) in [6.07, 6.45) is 0. The third-order valence-corrected chi connectivity index (χ3v) is 3.99. The number of hydrogen-bond acceptors (Lipinski definition) is 4. The molecule has 0 amide bonds. The maximum atomic E-state index is 11.8. The maximum Gasteiger partial charge on any atom is 0.338 e. The highest BCUT2D eigenvalue weighted by atomic mass is 32.2. The molecule has 0 spiro atoms. The first-order chi connectivity index (χ1) is 10.1. The molecule has 0 atom stereocenters. The zero-order valence-corrected chi connectivity index (χ0v) is 13.2. The minimum atomic E-state index is -0.268. The Balaban J connectivity index is 2.14. The summed E-state index contributed by atoms with van der Waals surface area (Å²) in [7, 11) is 1.65. The Hall–Kier alpha value is -1.94. The molecule has 0 aromatic heterocycles. The van der Waals surface area contributed by atoms with E-state index in [9.17, 15) is 4.79 Å². The van der Waals surface area contributed by atoms with Crippen molar-refractivity contribution in [3.63, 3.8) is 0 Å². The number of methoxy groups -OCH3 is 1. The predicted molar refractivity (Wildman–Crippen MR) is 84.3 cm³/mol. The molecule has 0 aliphatic heterocycles. The topological polar surface area (TPSA) is 35.5 Å². The summed E-state index contributed by atoms with van der Waals surface area (Å²) in [5.41, 5.74) is 1.54. The molecule has 0 N–H and O–H groups in total. The van der Waals surface area contributed by atoms with Crippen molar-refractivity contribution in [2.75, 3.05) is 13.7 Å². The Labute approximate surface area is 129 Å². The molecule has 0 heterocycles. The van der Waals surface area contributed by atoms with Crippen LogP contribution in [-0.2, 0) is 4.74 Å². The summed E-state index contributed by atoms with van der Waals surface area (Å²) in [5.74, 6) is 0.573. The van der Waals surface area contributed by atoms with Crippen LogP contribution in [0.15, 0.2) is 52.3 Å². The fraction of sp³-hybridized carbons (Fsp3) is 0.235. The minimum absolute atomic E-state index is 0.268. The Morgan fingerprint density at radius 2 is 1.76 bits per heavy atom. The smallest absolute Gasteiger partial charge is 0.338 e. The van der Waals surface area contributed by atoms with Gasteiger partial charge < -0.3 is 9.47 Å². The summed E-state index contributed by atoms with van der Waals surface area (Å²) in [6, 6.07) is 13.6. The molecule has 0 saturated carbocycles. The van der Waals surface area contributed by atoms with Crippen molar-refractivity contribution < 1.29 is 14.3 Å². The van der Waals surface area contributed by atoms with Gasteiger partial charge in [0.15, 0.2) is 0 Å². The zero-order valence-electron chi connectivity index (χ0n) is 12.4. The lowest BCUT2D eigenvalue weighted by Gasteiger charge is -2.08. The first-order valence-corrected chi connectivity index (χ1v) is 7.55. The Kier molecular flexibility index (Phi) is 5.28. The third kappa shape index (κ3) is 4.02. The van der Waals surface area contributed by atoms with Crippen LogP contribution in [0.25, 0.3) is 0 Å². The van der Waals surface area contributed by atoms with Crippen molar-refractivity contribution in [2.45, 2.75) is 23.6 Å². The van der Waals surface area contributed by atoms with Gasteiger partial charge in [0.25, 0.3) is 0 Å². The number of rotatable bonds is 5. The average molecular weight is 302 g/mol. The fourth-order valence-electron chi connectivity index (χ4n) is 1.92. The van der Waals surface area contributed by atoms with E-state index in [1.54, 1.807) is 25.8 Å². The second-order valence-corrected chi connectivity index (χ2v) is 5.62. The molecule has 2 aromatic carbocycles. The van der Waals surface area contributed by atoms with E-state index in [1.165, 1.54) is 0 Å². The molecule has 0 aliphatic carbocycles. The molecule has 3 nitrogen and oxygen atoms in total. The summed E-state index contributed by atoms with van der Waals surface area (Å²) >= 11 is 1.65. The van der Waals surface area contributed by atoms with E-state index in [4.69, 9.17) is 9.47 Å². The Morgan fingerprint density at radius 1 is 1.10 bits per heavy atom. The number of carbonyl (C=O) groups is 1. The minimum Gasteiger partial charge on any atom is -0.497 e. The molecular weight excluding hydrogens is 284 g/mol. The molecular formula is C17H18O3S. The van der Waals surface area contributed by atoms with Gasteiger partial charge in [-0.25, -0.2) is 4.79 Å². The summed E-state index contributed by atoms with van der Waals surface area (Å²) in [5, 5.41) is 0. The number of hydrogen-bond donors (Lipinski definition) is 0. The van der Waals surface area contributed by atoms with Crippen LogP contribution in [0.4, 0.5) is 0 Å². The lowest BCUT2D eigenvalue weighted by Crippen LogP contribution is -2.06. The van der Waals surface area contributed by atoms with Crippen molar-refractivity contribution >= 4 is 17.7 Å². The van der Waals surface area contributed by atoms with Crippen LogP contribution in [0, 0.1) is 6.92 Å². The second kappa shape index (κ2) is 7.18. The molecule has 0 bridgehead atoms. The number of aryl methyl sites for hydroxylation is 1. The highest BCUT2D eigenvalue weighted by Crippen LogP contribution is 2.30. The van der Waals surface area contributed by atoms with Crippen LogP contribution >= 0.6 is 11.8 Å². The first-order valence-electron chi connectivity index (χ1n) is 6.73. The van der Waals surface area contributed by atoms with Crippen LogP contribution in [0.3, 0.4) is 0 Å². The van der Waals surface area contributed by atoms with Crippen molar-refractivity contribution in [1.82, 2.24) is 0 Å². The third-order valence-electron chi connectivity index (χ3n) is 2.99. The van der Waals surface area contributed by atoms with Crippen molar-refractivity contribution in [2.24, 2.45) is 0 Å². The van der Waals surface area contributed by atoms with Crippen LogP contribution in [0.2, 0.25) is 0 Å². The molecule has 0 fully saturated rings. The van der Waals surface area contributed by atoms with Crippen molar-refractivity contribution in [3.05, 3.63) is 53.6 Å². The van der Waals surface area contributed by atoms with Gasteiger partial charge in [-0.05, 0) is 61.9 Å². The monoisotopic (exact) mass is 302 g/mol. The van der Waals surface area contributed by atoms with Gasteiger partial charge >= 0.3 is 5.97 Å². The highest BCUT2D eigenvalue weighted by Gasteiger charge is 2.10. The van der Waals surface area contributed by atoms with Gasteiger partial charge in [0.2, 0.25) is 0 Å². The number of benzene rings is 2. The van der Waals surface area contributed by atoms with Crippen LogP contribution < -0.4 is 4.74 Å². The van der Waals surface area contributed by atoms with Gasteiger partial charge in [-0.2, -0.15) is 0 Å². The first kappa shape index (κ1) is 15.4. The van der Waals surface area contributed by atoms with E-state index in [0.717, 1.165) is 21.1 Å². The highest BCUT2D eigenvalue weighted by molar-refractivity contribution is 7.99. The predicted octanol–water partition coefficient (Wildman–Crippen LogP) is 4.33. The number of esters is 1. The molecule has 2 aromatic rings. The number of carbonyl (C=O) groups excluding carboxylic acids is 1. The van der Waals surface area contributed by atoms with Crippen LogP contribution in [0.1, 0.15) is 22.8 Å². The van der Waals surface area contributed by atoms with Crippen LogP contribution in [-0.4, -0.2) is 19.7 Å². The summed E-state index contributed by atoms with van der Waals surface area (Å²) < 4.78 is 10.2. The van der Waals surface area contributed by atoms with Gasteiger partial charge in [0.1, 0.15) is 5.75 Å². The van der Waals surface area contributed by atoms with E-state index in [1.807, 2.05) is 49.4 Å². The van der Waals surface area contributed by atoms with E-state index in [0.29, 0.717) is 12.2 Å². The normalized spacial score (nSPS) is 10.2. The maximum absolute atomic E-state index is 11.8. The SMILES string of the molecule is CCOC(=O)c1ccc(Sc2ccc(OC)cc2)cc1C. The van der Waals surface area contributed by atoms with Gasteiger partial charge in [0.05, 0.1) is 19.3 Å². The Morgan fingerprint density at radius 3 is 2.33 bits per heavy atom. The van der Waals surface area contributed by atoms with Gasteiger partial charge in [-0.1, -0.05) is 11.8 Å². The lowest BCUT2D eigenvalue weighted by atomic mass is 10.1. The fourth-order valence-corrected chi connectivity index (χ4v) is 2.83. The molecule has 0 radical (unpaired) electrons. The quantitative estimate of drug-likeness (QED) is 0.770. The number of ether oxygens (including phenoxy) is 2. The van der Waals surface area contributed by atoms with Gasteiger partial charge in [-0.3, -0.25) is 0 Å². The van der Waals surface area contributed by atoms with E-state index < -0.39 is 0 Å². The van der Waals surface area contributed by atoms with Gasteiger partial charge in [-0.15, -0.1) is 0 Å². The molecule has 110 valence electrons. The van der Waals surface area contributed by atoms with Gasteiger partial charge in [0, 0.05) is 9.79 Å². The molecule has 4 heteroatoms. The summed E-state index contributed by atoms with van der Waals surface area (Å²) in [6.45, 7) is 4.12. The largest absolute Gasteiger partial charge is 0.497 e. The molecule has 0 unspecified atom stereocenters. The standard InChI is InChI=1S/C17H18O3S/c1-4-20-17(18)16-10-9-15(11-12(16)2)21-14-7-5-13(19-3)6-8-14/h5-11H,4H2,1-3H3. The van der Waals surface area contributed by atoms with Crippen molar-refractivity contribution in [1.29, 1.82) is 0 Å². The molecule has 2 rings (SSSR count). The average Bonchev–Trinajstić information content (AvgIpc) is 2.48. The van der Waals surface area contributed by atoms with E-state index >= 15 is 0 Å². The molecule has 0 saturated heterocycles. The lowest BCUT2D eigenvalue weighted by molar-refractivity contribution is 0.0525. The second-order valence-electron chi connectivity index (χ2n) is 4.47. The van der Waals surface area contributed by atoms with Crippen LogP contribution in [0.5, 0.6) is 5.75 Å². The van der Waals surface area contributed by atoms with E-state index in [2.05, 4.69) is 0 Å². The van der Waals surface area contributed by atoms with Crippen molar-refractivity contribution in [3.8, 4) is 5.75 Å². The molecule has 0 aliphatic rings. The summed E-state index contributed by atoms with van der Waals surface area (Å²) in [4.78, 5) is 14.0.